The lowest BCUT2D eigenvalue weighted by atomic mass is 9.67. The Morgan fingerprint density at radius 2 is 1.82 bits per heavy atom. The Morgan fingerprint density at radius 1 is 1.27 bits per heavy atom. The largest absolute Gasteiger partial charge is 0.396 e. The van der Waals surface area contributed by atoms with Crippen LogP contribution in [0.15, 0.2) is 0 Å². The SMILES string of the molecule is CC[C@@]1(C)CNC[C@@]1(C)CO. The summed E-state index contributed by atoms with van der Waals surface area (Å²) in [6, 6.07) is 0. The number of aliphatic hydroxyl groups is 1. The van der Waals surface area contributed by atoms with E-state index in [2.05, 4.69) is 26.1 Å². The molecule has 0 saturated carbocycles. The summed E-state index contributed by atoms with van der Waals surface area (Å²) in [5.41, 5.74) is 0.365. The van der Waals surface area contributed by atoms with Crippen LogP contribution < -0.4 is 5.32 Å². The molecule has 0 aliphatic carbocycles. The predicted molar refractivity (Wildman–Crippen MR) is 46.5 cm³/mol. The van der Waals surface area contributed by atoms with Crippen molar-refractivity contribution in [2.45, 2.75) is 27.2 Å². The van der Waals surface area contributed by atoms with Gasteiger partial charge < -0.3 is 10.4 Å². The van der Waals surface area contributed by atoms with Gasteiger partial charge in [-0.05, 0) is 11.8 Å². The summed E-state index contributed by atoms with van der Waals surface area (Å²) in [4.78, 5) is 0. The molecule has 0 bridgehead atoms. The van der Waals surface area contributed by atoms with Crippen LogP contribution in [0, 0.1) is 10.8 Å². The van der Waals surface area contributed by atoms with Gasteiger partial charge in [-0.3, -0.25) is 0 Å². The van der Waals surface area contributed by atoms with E-state index < -0.39 is 0 Å². The number of hydrogen-bond acceptors (Lipinski definition) is 2. The summed E-state index contributed by atoms with van der Waals surface area (Å²) in [5.74, 6) is 0. The second-order valence-corrected chi connectivity index (χ2v) is 4.24. The van der Waals surface area contributed by atoms with Crippen molar-refractivity contribution >= 4 is 0 Å². The highest BCUT2D eigenvalue weighted by molar-refractivity contribution is 4.99. The molecule has 1 aliphatic heterocycles. The van der Waals surface area contributed by atoms with Gasteiger partial charge in [-0.2, -0.15) is 0 Å². The molecular weight excluding hydrogens is 138 g/mol. The van der Waals surface area contributed by atoms with Crippen molar-refractivity contribution in [1.82, 2.24) is 5.32 Å². The molecule has 0 amide bonds. The predicted octanol–water partition coefficient (Wildman–Crippen LogP) is 1.00. The Kier molecular flexibility index (Phi) is 2.26. The minimum Gasteiger partial charge on any atom is -0.396 e. The van der Waals surface area contributed by atoms with E-state index in [1.165, 1.54) is 0 Å². The van der Waals surface area contributed by atoms with Gasteiger partial charge in [0, 0.05) is 18.5 Å². The Hall–Kier alpha value is -0.0800. The van der Waals surface area contributed by atoms with Crippen molar-refractivity contribution in [3.05, 3.63) is 0 Å². The lowest BCUT2D eigenvalue weighted by Gasteiger charge is -2.38. The van der Waals surface area contributed by atoms with E-state index in [9.17, 15) is 5.11 Å². The minimum absolute atomic E-state index is 0.0851. The molecule has 1 heterocycles. The monoisotopic (exact) mass is 157 g/mol. The van der Waals surface area contributed by atoms with E-state index in [1.54, 1.807) is 0 Å². The number of rotatable bonds is 2. The zero-order chi connectivity index (χ0) is 8.54. The van der Waals surface area contributed by atoms with Crippen LogP contribution in [0.1, 0.15) is 27.2 Å². The number of hydrogen-bond donors (Lipinski definition) is 2. The fraction of sp³-hybridized carbons (Fsp3) is 1.00. The molecule has 0 radical (unpaired) electrons. The van der Waals surface area contributed by atoms with E-state index in [4.69, 9.17) is 0 Å². The minimum atomic E-state index is 0.0851. The van der Waals surface area contributed by atoms with Crippen LogP contribution in [0.2, 0.25) is 0 Å². The molecule has 0 aromatic carbocycles. The number of nitrogens with one attached hydrogen (secondary N) is 1. The highest BCUT2D eigenvalue weighted by atomic mass is 16.3. The topological polar surface area (TPSA) is 32.3 Å². The van der Waals surface area contributed by atoms with Crippen molar-refractivity contribution < 1.29 is 5.11 Å². The van der Waals surface area contributed by atoms with E-state index in [0.717, 1.165) is 19.5 Å². The van der Waals surface area contributed by atoms with Crippen molar-refractivity contribution in [2.24, 2.45) is 10.8 Å². The molecule has 1 rings (SSSR count). The fourth-order valence-electron chi connectivity index (χ4n) is 1.84. The van der Waals surface area contributed by atoms with Gasteiger partial charge in [-0.15, -0.1) is 0 Å². The van der Waals surface area contributed by atoms with Gasteiger partial charge in [0.1, 0.15) is 0 Å². The molecule has 0 unspecified atom stereocenters. The summed E-state index contributed by atoms with van der Waals surface area (Å²) in [6.45, 7) is 8.90. The van der Waals surface area contributed by atoms with Crippen LogP contribution in [0.4, 0.5) is 0 Å². The van der Waals surface area contributed by atoms with Gasteiger partial charge in [0.05, 0.1) is 6.61 Å². The van der Waals surface area contributed by atoms with Gasteiger partial charge in [0.25, 0.3) is 0 Å². The Bertz CT molecular complexity index is 132. The van der Waals surface area contributed by atoms with Crippen molar-refractivity contribution in [2.75, 3.05) is 19.7 Å². The van der Waals surface area contributed by atoms with Crippen LogP contribution in [0.3, 0.4) is 0 Å². The summed E-state index contributed by atoms with van der Waals surface area (Å²) in [7, 11) is 0. The molecule has 0 aromatic rings. The average Bonchev–Trinajstić information content (AvgIpc) is 2.31. The lowest BCUT2D eigenvalue weighted by Crippen LogP contribution is -2.38. The maximum atomic E-state index is 9.25. The third kappa shape index (κ3) is 1.18. The summed E-state index contributed by atoms with van der Waals surface area (Å²) in [6.07, 6.45) is 1.14. The quantitative estimate of drug-likeness (QED) is 0.627. The molecular formula is C9H19NO. The van der Waals surface area contributed by atoms with Gasteiger partial charge in [0.15, 0.2) is 0 Å². The fourth-order valence-corrected chi connectivity index (χ4v) is 1.84. The highest BCUT2D eigenvalue weighted by Crippen LogP contribution is 2.44. The third-order valence-corrected chi connectivity index (χ3v) is 3.62. The van der Waals surface area contributed by atoms with Crippen LogP contribution in [0.25, 0.3) is 0 Å². The molecule has 0 aromatic heterocycles. The van der Waals surface area contributed by atoms with Crippen LogP contribution in [-0.2, 0) is 0 Å². The smallest absolute Gasteiger partial charge is 0.0502 e. The molecule has 66 valence electrons. The third-order valence-electron chi connectivity index (χ3n) is 3.62. The summed E-state index contributed by atoms with van der Waals surface area (Å²) < 4.78 is 0. The maximum absolute atomic E-state index is 9.25. The van der Waals surface area contributed by atoms with E-state index in [0.29, 0.717) is 6.61 Å². The molecule has 0 spiro atoms. The van der Waals surface area contributed by atoms with Crippen LogP contribution in [0.5, 0.6) is 0 Å². The highest BCUT2D eigenvalue weighted by Gasteiger charge is 2.46. The van der Waals surface area contributed by atoms with E-state index in [1.807, 2.05) is 0 Å². The lowest BCUT2D eigenvalue weighted by molar-refractivity contribution is 0.0511. The van der Waals surface area contributed by atoms with Gasteiger partial charge in [0.2, 0.25) is 0 Å². The first-order valence-corrected chi connectivity index (χ1v) is 4.39. The van der Waals surface area contributed by atoms with E-state index >= 15 is 0 Å². The molecule has 2 heteroatoms. The summed E-state index contributed by atoms with van der Waals surface area (Å²) >= 11 is 0. The first-order valence-electron chi connectivity index (χ1n) is 4.39. The second-order valence-electron chi connectivity index (χ2n) is 4.24. The van der Waals surface area contributed by atoms with Gasteiger partial charge in [-0.25, -0.2) is 0 Å². The number of aliphatic hydroxyl groups excluding tert-OH is 1. The van der Waals surface area contributed by atoms with Crippen LogP contribution >= 0.6 is 0 Å². The standard InChI is InChI=1S/C9H19NO/c1-4-8(2)5-10-6-9(8,3)7-11/h10-11H,4-7H2,1-3H3/t8-,9-/m0/s1. The molecule has 1 saturated heterocycles. The molecule has 1 fully saturated rings. The Labute approximate surface area is 69.0 Å². The normalized spacial score (nSPS) is 44.7. The zero-order valence-corrected chi connectivity index (χ0v) is 7.78. The molecule has 2 N–H and O–H groups in total. The molecule has 11 heavy (non-hydrogen) atoms. The Balaban J connectivity index is 2.79. The second kappa shape index (κ2) is 2.76. The first-order chi connectivity index (χ1) is 5.08. The van der Waals surface area contributed by atoms with Crippen LogP contribution in [-0.4, -0.2) is 24.8 Å². The van der Waals surface area contributed by atoms with E-state index in [-0.39, 0.29) is 10.8 Å². The molecule has 2 nitrogen and oxygen atoms in total. The van der Waals surface area contributed by atoms with Crippen molar-refractivity contribution in [3.8, 4) is 0 Å². The maximum Gasteiger partial charge on any atom is 0.0502 e. The Morgan fingerprint density at radius 3 is 2.18 bits per heavy atom. The summed E-state index contributed by atoms with van der Waals surface area (Å²) in [5, 5.41) is 12.6. The zero-order valence-electron chi connectivity index (χ0n) is 7.78. The van der Waals surface area contributed by atoms with Gasteiger partial charge >= 0.3 is 0 Å². The van der Waals surface area contributed by atoms with Gasteiger partial charge in [-0.1, -0.05) is 20.8 Å². The average molecular weight is 157 g/mol. The molecule has 2 atom stereocenters. The first kappa shape index (κ1) is 9.01. The molecule has 1 aliphatic rings. The van der Waals surface area contributed by atoms with Crippen molar-refractivity contribution in [3.63, 3.8) is 0 Å². The van der Waals surface area contributed by atoms with Crippen molar-refractivity contribution in [1.29, 1.82) is 0 Å².